The molecule has 0 spiro atoms. The average Bonchev–Trinajstić information content (AvgIpc) is 2.54. The van der Waals surface area contributed by atoms with Gasteiger partial charge in [0, 0.05) is 5.02 Å². The number of halogens is 1. The standard InChI is InChI=1S/C17H17ClN2O3/c1-23-14-8-2-11(3-9-14)10-15(21)20-16(17(19)22)12-4-6-13(18)7-5-12/h2-9,16H,10H2,1H3,(H2,19,22)(H,20,21)/t16-/m0/s1. The lowest BCUT2D eigenvalue weighted by Crippen LogP contribution is -2.38. The van der Waals surface area contributed by atoms with Crippen LogP contribution in [0.15, 0.2) is 48.5 Å². The van der Waals surface area contributed by atoms with Gasteiger partial charge in [-0.25, -0.2) is 0 Å². The minimum absolute atomic E-state index is 0.140. The van der Waals surface area contributed by atoms with Crippen molar-refractivity contribution < 1.29 is 14.3 Å². The first-order valence-corrected chi connectivity index (χ1v) is 7.34. The van der Waals surface area contributed by atoms with E-state index < -0.39 is 11.9 Å². The van der Waals surface area contributed by atoms with Gasteiger partial charge in [-0.1, -0.05) is 35.9 Å². The molecule has 2 aromatic rings. The van der Waals surface area contributed by atoms with E-state index >= 15 is 0 Å². The largest absolute Gasteiger partial charge is 0.497 e. The van der Waals surface area contributed by atoms with Gasteiger partial charge in [0.05, 0.1) is 13.5 Å². The zero-order valence-corrected chi connectivity index (χ0v) is 13.3. The predicted octanol–water partition coefficient (Wildman–Crippen LogP) is 2.23. The molecule has 120 valence electrons. The van der Waals surface area contributed by atoms with Crippen LogP contribution in [0.1, 0.15) is 17.2 Å². The van der Waals surface area contributed by atoms with Crippen molar-refractivity contribution in [1.29, 1.82) is 0 Å². The van der Waals surface area contributed by atoms with Crippen LogP contribution in [0, 0.1) is 0 Å². The number of hydrogen-bond acceptors (Lipinski definition) is 3. The van der Waals surface area contributed by atoms with E-state index in [1.54, 1.807) is 55.6 Å². The summed E-state index contributed by atoms with van der Waals surface area (Å²) in [7, 11) is 1.57. The van der Waals surface area contributed by atoms with Gasteiger partial charge < -0.3 is 15.8 Å². The summed E-state index contributed by atoms with van der Waals surface area (Å²) in [6.45, 7) is 0. The average molecular weight is 333 g/mol. The summed E-state index contributed by atoms with van der Waals surface area (Å²) in [5.74, 6) is -0.213. The second-order valence-corrected chi connectivity index (χ2v) is 5.42. The smallest absolute Gasteiger partial charge is 0.244 e. The number of rotatable bonds is 6. The van der Waals surface area contributed by atoms with Gasteiger partial charge >= 0.3 is 0 Å². The van der Waals surface area contributed by atoms with Gasteiger partial charge in [0.25, 0.3) is 0 Å². The van der Waals surface area contributed by atoms with Crippen molar-refractivity contribution in [2.45, 2.75) is 12.5 Å². The number of benzene rings is 2. The number of carbonyl (C=O) groups excluding carboxylic acids is 2. The lowest BCUT2D eigenvalue weighted by atomic mass is 10.1. The quantitative estimate of drug-likeness (QED) is 0.851. The Hall–Kier alpha value is -2.53. The van der Waals surface area contributed by atoms with Crippen molar-refractivity contribution in [2.24, 2.45) is 5.73 Å². The van der Waals surface area contributed by atoms with Crippen molar-refractivity contribution in [3.05, 3.63) is 64.7 Å². The molecule has 6 heteroatoms. The Bertz CT molecular complexity index is 684. The molecular weight excluding hydrogens is 316 g/mol. The third-order valence-corrected chi connectivity index (χ3v) is 3.57. The van der Waals surface area contributed by atoms with Crippen LogP contribution in [0.4, 0.5) is 0 Å². The van der Waals surface area contributed by atoms with Crippen molar-refractivity contribution in [3.63, 3.8) is 0 Å². The first-order chi connectivity index (χ1) is 11.0. The van der Waals surface area contributed by atoms with Gasteiger partial charge in [0.1, 0.15) is 11.8 Å². The van der Waals surface area contributed by atoms with Gasteiger partial charge in [-0.15, -0.1) is 0 Å². The van der Waals surface area contributed by atoms with Crippen LogP contribution >= 0.6 is 11.6 Å². The Morgan fingerprint density at radius 2 is 1.74 bits per heavy atom. The van der Waals surface area contributed by atoms with Crippen LogP contribution in [0.5, 0.6) is 5.75 Å². The van der Waals surface area contributed by atoms with Gasteiger partial charge in [-0.3, -0.25) is 9.59 Å². The van der Waals surface area contributed by atoms with E-state index in [1.165, 1.54) is 0 Å². The molecular formula is C17H17ClN2O3. The highest BCUT2D eigenvalue weighted by atomic mass is 35.5. The lowest BCUT2D eigenvalue weighted by molar-refractivity contribution is -0.127. The number of nitrogens with two attached hydrogens (primary N) is 1. The fraction of sp³-hybridized carbons (Fsp3) is 0.176. The molecule has 3 N–H and O–H groups in total. The molecule has 2 amide bonds. The van der Waals surface area contributed by atoms with Gasteiger partial charge in [-0.2, -0.15) is 0 Å². The van der Waals surface area contributed by atoms with E-state index in [0.29, 0.717) is 16.3 Å². The van der Waals surface area contributed by atoms with Gasteiger partial charge in [-0.05, 0) is 35.4 Å². The maximum Gasteiger partial charge on any atom is 0.244 e. The number of ether oxygens (including phenoxy) is 1. The summed E-state index contributed by atoms with van der Waals surface area (Å²) in [5, 5.41) is 3.18. The van der Waals surface area contributed by atoms with E-state index in [1.807, 2.05) is 0 Å². The normalized spacial score (nSPS) is 11.6. The van der Waals surface area contributed by atoms with E-state index in [9.17, 15) is 9.59 Å². The number of nitrogens with one attached hydrogen (secondary N) is 1. The lowest BCUT2D eigenvalue weighted by Gasteiger charge is -2.16. The Balaban J connectivity index is 2.05. The molecule has 5 nitrogen and oxygen atoms in total. The van der Waals surface area contributed by atoms with Crippen LogP contribution in [0.3, 0.4) is 0 Å². The summed E-state index contributed by atoms with van der Waals surface area (Å²) in [5.41, 5.74) is 6.78. The monoisotopic (exact) mass is 332 g/mol. The fourth-order valence-corrected chi connectivity index (χ4v) is 2.24. The summed E-state index contributed by atoms with van der Waals surface area (Å²) in [6, 6.07) is 12.8. The minimum Gasteiger partial charge on any atom is -0.497 e. The van der Waals surface area contributed by atoms with Gasteiger partial charge in [0.15, 0.2) is 0 Å². The molecule has 0 radical (unpaired) electrons. The predicted molar refractivity (Wildman–Crippen MR) is 88.2 cm³/mol. The van der Waals surface area contributed by atoms with Crippen LogP contribution in [0.25, 0.3) is 0 Å². The molecule has 0 heterocycles. The summed E-state index contributed by atoms with van der Waals surface area (Å²) >= 11 is 5.82. The van der Waals surface area contributed by atoms with Crippen LogP contribution < -0.4 is 15.8 Å². The summed E-state index contributed by atoms with van der Waals surface area (Å²) < 4.78 is 5.07. The van der Waals surface area contributed by atoms with E-state index in [-0.39, 0.29) is 12.3 Å². The second-order valence-electron chi connectivity index (χ2n) is 4.98. The van der Waals surface area contributed by atoms with Crippen LogP contribution in [-0.2, 0) is 16.0 Å². The van der Waals surface area contributed by atoms with Crippen LogP contribution in [0.2, 0.25) is 5.02 Å². The zero-order chi connectivity index (χ0) is 16.8. The highest BCUT2D eigenvalue weighted by molar-refractivity contribution is 6.30. The van der Waals surface area contributed by atoms with E-state index in [4.69, 9.17) is 22.1 Å². The molecule has 23 heavy (non-hydrogen) atoms. The van der Waals surface area contributed by atoms with E-state index in [0.717, 1.165) is 5.56 Å². The molecule has 2 rings (SSSR count). The molecule has 0 aliphatic carbocycles. The molecule has 0 aliphatic heterocycles. The first-order valence-electron chi connectivity index (χ1n) is 6.96. The summed E-state index contributed by atoms with van der Waals surface area (Å²) in [6.07, 6.45) is 0.140. The molecule has 0 saturated carbocycles. The van der Waals surface area contributed by atoms with Gasteiger partial charge in [0.2, 0.25) is 11.8 Å². The van der Waals surface area contributed by atoms with Crippen molar-refractivity contribution in [3.8, 4) is 5.75 Å². The van der Waals surface area contributed by atoms with Crippen molar-refractivity contribution in [2.75, 3.05) is 7.11 Å². The molecule has 0 aromatic heterocycles. The second kappa shape index (κ2) is 7.65. The number of amides is 2. The topological polar surface area (TPSA) is 81.4 Å². The highest BCUT2D eigenvalue weighted by Crippen LogP contribution is 2.17. The van der Waals surface area contributed by atoms with Crippen molar-refractivity contribution in [1.82, 2.24) is 5.32 Å². The number of methoxy groups -OCH3 is 1. The molecule has 0 aliphatic rings. The highest BCUT2D eigenvalue weighted by Gasteiger charge is 2.20. The third kappa shape index (κ3) is 4.72. The molecule has 0 bridgehead atoms. The molecule has 1 atom stereocenters. The number of carbonyl (C=O) groups is 2. The first kappa shape index (κ1) is 16.8. The maximum absolute atomic E-state index is 12.1. The van der Waals surface area contributed by atoms with Crippen LogP contribution in [-0.4, -0.2) is 18.9 Å². The maximum atomic E-state index is 12.1. The Kier molecular flexibility index (Phi) is 5.60. The molecule has 2 aromatic carbocycles. The molecule has 0 saturated heterocycles. The minimum atomic E-state index is -0.891. The van der Waals surface area contributed by atoms with E-state index in [2.05, 4.69) is 5.32 Å². The fourth-order valence-electron chi connectivity index (χ4n) is 2.11. The number of primary amides is 1. The zero-order valence-electron chi connectivity index (χ0n) is 12.6. The Labute approximate surface area is 139 Å². The SMILES string of the molecule is COc1ccc(CC(=O)N[C@H](C(N)=O)c2ccc(Cl)cc2)cc1. The Morgan fingerprint density at radius 1 is 1.13 bits per heavy atom. The summed E-state index contributed by atoms with van der Waals surface area (Å²) in [4.78, 5) is 23.8. The molecule has 0 unspecified atom stereocenters. The molecule has 0 fully saturated rings. The number of hydrogen-bond donors (Lipinski definition) is 2. The third-order valence-electron chi connectivity index (χ3n) is 3.32. The Morgan fingerprint density at radius 3 is 2.26 bits per heavy atom. The van der Waals surface area contributed by atoms with Crippen molar-refractivity contribution >= 4 is 23.4 Å².